The van der Waals surface area contributed by atoms with Gasteiger partial charge < -0.3 is 9.42 Å². The second-order valence-electron chi connectivity index (χ2n) is 7.00. The SMILES string of the molecule is CN1C(c2cncnc2)=NCC1(Sc1ccc(Cl)cc1)c1ccc(-c2ncon2)cc1. The lowest BCUT2D eigenvalue weighted by molar-refractivity contribution is 0.371. The molecule has 5 rings (SSSR count). The highest BCUT2D eigenvalue weighted by Crippen LogP contribution is 2.47. The van der Waals surface area contributed by atoms with Crippen molar-refractivity contribution in [2.75, 3.05) is 13.6 Å². The van der Waals surface area contributed by atoms with Crippen LogP contribution in [-0.2, 0) is 4.87 Å². The van der Waals surface area contributed by atoms with Crippen LogP contribution >= 0.6 is 23.4 Å². The van der Waals surface area contributed by atoms with E-state index in [9.17, 15) is 0 Å². The van der Waals surface area contributed by atoms with Crippen LogP contribution in [-0.4, -0.2) is 44.4 Å². The number of aliphatic imine (C=N–C) groups is 1. The van der Waals surface area contributed by atoms with E-state index >= 15 is 0 Å². The third-order valence-electron chi connectivity index (χ3n) is 5.18. The molecule has 0 fully saturated rings. The molecule has 0 saturated carbocycles. The molecule has 2 aromatic carbocycles. The van der Waals surface area contributed by atoms with Gasteiger partial charge in [0.25, 0.3) is 0 Å². The van der Waals surface area contributed by atoms with E-state index in [1.54, 1.807) is 24.2 Å². The van der Waals surface area contributed by atoms with Gasteiger partial charge in [-0.05, 0) is 29.8 Å². The number of amidine groups is 1. The Balaban J connectivity index is 1.54. The van der Waals surface area contributed by atoms with E-state index in [1.807, 2.05) is 36.4 Å². The van der Waals surface area contributed by atoms with Crippen LogP contribution < -0.4 is 0 Å². The molecule has 0 spiro atoms. The van der Waals surface area contributed by atoms with Crippen molar-refractivity contribution >= 4 is 29.2 Å². The van der Waals surface area contributed by atoms with Crippen molar-refractivity contribution in [3.63, 3.8) is 0 Å². The zero-order chi connectivity index (χ0) is 21.3. The first-order valence-corrected chi connectivity index (χ1v) is 10.7. The van der Waals surface area contributed by atoms with Crippen molar-refractivity contribution in [3.05, 3.63) is 89.8 Å². The number of benzene rings is 2. The second-order valence-corrected chi connectivity index (χ2v) is 8.79. The molecule has 3 heterocycles. The molecule has 1 atom stereocenters. The van der Waals surface area contributed by atoms with Crippen LogP contribution in [0.1, 0.15) is 11.1 Å². The van der Waals surface area contributed by atoms with E-state index in [4.69, 9.17) is 21.1 Å². The summed E-state index contributed by atoms with van der Waals surface area (Å²) < 4.78 is 4.87. The predicted molar refractivity (Wildman–Crippen MR) is 120 cm³/mol. The molecule has 0 saturated heterocycles. The first kappa shape index (κ1) is 19.7. The quantitative estimate of drug-likeness (QED) is 0.444. The number of hydrogen-bond donors (Lipinski definition) is 0. The molecule has 7 nitrogen and oxygen atoms in total. The maximum absolute atomic E-state index is 6.10. The largest absolute Gasteiger partial charge is 0.342 e. The molecule has 0 aliphatic carbocycles. The minimum atomic E-state index is -0.450. The summed E-state index contributed by atoms with van der Waals surface area (Å²) in [6.45, 7) is 0.572. The molecule has 1 aliphatic rings. The Hall–Kier alpha value is -3.23. The standard InChI is InChI=1S/C22H17ClN6OS/c1-29-21(16-10-24-13-25-11-16)26-12-22(29,31-19-8-6-18(23)7-9-19)17-4-2-15(3-5-17)20-27-14-30-28-20/h2-11,13-14H,12H2,1H3. The lowest BCUT2D eigenvalue weighted by Gasteiger charge is -2.37. The van der Waals surface area contributed by atoms with Gasteiger partial charge in [0.2, 0.25) is 12.2 Å². The first-order valence-electron chi connectivity index (χ1n) is 9.51. The minimum absolute atomic E-state index is 0.450. The third kappa shape index (κ3) is 3.68. The van der Waals surface area contributed by atoms with E-state index in [0.717, 1.165) is 27.4 Å². The molecule has 0 N–H and O–H groups in total. The van der Waals surface area contributed by atoms with E-state index in [1.165, 1.54) is 12.7 Å². The van der Waals surface area contributed by atoms with Crippen molar-refractivity contribution in [2.24, 2.45) is 4.99 Å². The van der Waals surface area contributed by atoms with Gasteiger partial charge in [0.15, 0.2) is 0 Å². The highest BCUT2D eigenvalue weighted by atomic mass is 35.5. The van der Waals surface area contributed by atoms with Gasteiger partial charge in [-0.2, -0.15) is 4.98 Å². The number of aromatic nitrogens is 4. The Bertz CT molecular complexity index is 1200. The average molecular weight is 449 g/mol. The van der Waals surface area contributed by atoms with Gasteiger partial charge in [-0.15, -0.1) is 0 Å². The highest BCUT2D eigenvalue weighted by molar-refractivity contribution is 8.00. The number of nitrogens with zero attached hydrogens (tertiary/aromatic N) is 6. The zero-order valence-electron chi connectivity index (χ0n) is 16.5. The number of likely N-dealkylation sites (N-methyl/N-ethyl adjacent to an activating group) is 1. The van der Waals surface area contributed by atoms with E-state index in [0.29, 0.717) is 17.4 Å². The average Bonchev–Trinajstić information content (AvgIpc) is 3.46. The molecular formula is C22H17ClN6OS. The van der Waals surface area contributed by atoms with E-state index < -0.39 is 4.87 Å². The Morgan fingerprint density at radius 3 is 2.42 bits per heavy atom. The summed E-state index contributed by atoms with van der Waals surface area (Å²) >= 11 is 7.83. The maximum atomic E-state index is 6.10. The van der Waals surface area contributed by atoms with Crippen LogP contribution in [0.25, 0.3) is 11.4 Å². The zero-order valence-corrected chi connectivity index (χ0v) is 18.1. The van der Waals surface area contributed by atoms with Gasteiger partial charge in [0.1, 0.15) is 17.0 Å². The number of halogens is 1. The number of thioether (sulfide) groups is 1. The van der Waals surface area contributed by atoms with Crippen LogP contribution in [0.2, 0.25) is 5.02 Å². The molecule has 31 heavy (non-hydrogen) atoms. The minimum Gasteiger partial charge on any atom is -0.342 e. The molecule has 0 amide bonds. The Morgan fingerprint density at radius 2 is 1.74 bits per heavy atom. The second kappa shape index (κ2) is 8.13. The van der Waals surface area contributed by atoms with Crippen molar-refractivity contribution < 1.29 is 4.52 Å². The van der Waals surface area contributed by atoms with Crippen LogP contribution in [0.3, 0.4) is 0 Å². The fourth-order valence-electron chi connectivity index (χ4n) is 3.58. The van der Waals surface area contributed by atoms with Gasteiger partial charge >= 0.3 is 0 Å². The fraction of sp³-hybridized carbons (Fsp3) is 0.136. The molecule has 4 aromatic rings. The summed E-state index contributed by atoms with van der Waals surface area (Å²) in [6.07, 6.45) is 6.41. The summed E-state index contributed by atoms with van der Waals surface area (Å²) in [6, 6.07) is 16.0. The predicted octanol–water partition coefficient (Wildman–Crippen LogP) is 4.52. The molecule has 0 radical (unpaired) electrons. The Morgan fingerprint density at radius 1 is 1.00 bits per heavy atom. The highest BCUT2D eigenvalue weighted by Gasteiger charge is 2.44. The van der Waals surface area contributed by atoms with Crippen LogP contribution in [0.4, 0.5) is 0 Å². The smallest absolute Gasteiger partial charge is 0.214 e. The summed E-state index contributed by atoms with van der Waals surface area (Å²) in [5.41, 5.74) is 2.88. The summed E-state index contributed by atoms with van der Waals surface area (Å²) in [5, 5.41) is 4.63. The lowest BCUT2D eigenvalue weighted by Crippen LogP contribution is -2.42. The van der Waals surface area contributed by atoms with Gasteiger partial charge in [0, 0.05) is 34.9 Å². The Kier molecular flexibility index (Phi) is 5.17. The van der Waals surface area contributed by atoms with Crippen LogP contribution in [0.15, 0.2) is 88.1 Å². The molecule has 154 valence electrons. The normalized spacial score (nSPS) is 18.3. The van der Waals surface area contributed by atoms with Gasteiger partial charge in [0.05, 0.1) is 12.1 Å². The van der Waals surface area contributed by atoms with Crippen LogP contribution in [0, 0.1) is 0 Å². The monoisotopic (exact) mass is 448 g/mol. The van der Waals surface area contributed by atoms with Crippen molar-refractivity contribution in [2.45, 2.75) is 9.77 Å². The topological polar surface area (TPSA) is 80.3 Å². The molecule has 1 aliphatic heterocycles. The molecule has 1 unspecified atom stereocenters. The van der Waals surface area contributed by atoms with Gasteiger partial charge in [-0.3, -0.25) is 4.99 Å². The van der Waals surface area contributed by atoms with Crippen LogP contribution in [0.5, 0.6) is 0 Å². The number of rotatable bonds is 5. The third-order valence-corrected chi connectivity index (χ3v) is 6.91. The van der Waals surface area contributed by atoms with Gasteiger partial charge in [-0.25, -0.2) is 9.97 Å². The fourth-order valence-corrected chi connectivity index (χ4v) is 4.98. The Labute approximate surface area is 188 Å². The van der Waals surface area contributed by atoms with Crippen molar-refractivity contribution in [1.29, 1.82) is 0 Å². The molecule has 9 heteroatoms. The molecule has 0 bridgehead atoms. The van der Waals surface area contributed by atoms with E-state index in [2.05, 4.69) is 44.2 Å². The summed E-state index contributed by atoms with van der Waals surface area (Å²) in [5.74, 6) is 1.41. The van der Waals surface area contributed by atoms with Crippen molar-refractivity contribution in [1.82, 2.24) is 25.0 Å². The maximum Gasteiger partial charge on any atom is 0.214 e. The lowest BCUT2D eigenvalue weighted by atomic mass is 10.0. The first-order chi connectivity index (χ1) is 15.2. The van der Waals surface area contributed by atoms with Gasteiger partial charge in [-0.1, -0.05) is 52.8 Å². The number of hydrogen-bond acceptors (Lipinski definition) is 8. The summed E-state index contributed by atoms with van der Waals surface area (Å²) in [7, 11) is 2.05. The summed E-state index contributed by atoms with van der Waals surface area (Å²) in [4.78, 5) is 20.2. The molecular weight excluding hydrogens is 432 g/mol. The van der Waals surface area contributed by atoms with Crippen molar-refractivity contribution in [3.8, 4) is 11.4 Å². The molecule has 2 aromatic heterocycles. The van der Waals surface area contributed by atoms with E-state index in [-0.39, 0.29) is 0 Å².